The van der Waals surface area contributed by atoms with Gasteiger partial charge in [-0.15, -0.1) is 6.58 Å². The summed E-state index contributed by atoms with van der Waals surface area (Å²) in [6, 6.07) is 0.282. The molecule has 4 nitrogen and oxygen atoms in total. The fourth-order valence-corrected chi connectivity index (χ4v) is 2.00. The Kier molecular flexibility index (Phi) is 6.36. The molecule has 1 rings (SSSR count). The molecule has 0 atom stereocenters. The summed E-state index contributed by atoms with van der Waals surface area (Å²) >= 11 is 0. The van der Waals surface area contributed by atoms with Gasteiger partial charge in [-0.3, -0.25) is 9.88 Å². The lowest BCUT2D eigenvalue weighted by atomic mass is 10.0. The molecule has 4 heteroatoms. The summed E-state index contributed by atoms with van der Waals surface area (Å²) in [5.74, 6) is 0.452. The molecule has 19 heavy (non-hydrogen) atoms. The van der Waals surface area contributed by atoms with Crippen molar-refractivity contribution in [3.05, 3.63) is 35.8 Å². The van der Waals surface area contributed by atoms with Crippen LogP contribution >= 0.6 is 0 Å². The van der Waals surface area contributed by atoms with Gasteiger partial charge in [0.15, 0.2) is 0 Å². The molecule has 0 aromatic rings. The van der Waals surface area contributed by atoms with E-state index >= 15 is 0 Å². The standard InChI is InChI=1S/C15H23NO3/c1-6-7-13(10-12(4)16-11(2)3)14-8-9-18-15(14)19-17-5/h6,10-11H,1,7-9H2,2-5H3/b13-10+,16-12-. The van der Waals surface area contributed by atoms with Gasteiger partial charge in [0, 0.05) is 23.7 Å². The van der Waals surface area contributed by atoms with Gasteiger partial charge in [-0.05, 0) is 38.8 Å². The van der Waals surface area contributed by atoms with E-state index in [1.807, 2.05) is 13.0 Å². The van der Waals surface area contributed by atoms with E-state index in [2.05, 4.69) is 36.4 Å². The topological polar surface area (TPSA) is 40.0 Å². The van der Waals surface area contributed by atoms with Gasteiger partial charge in [0.2, 0.25) is 0 Å². The van der Waals surface area contributed by atoms with E-state index in [9.17, 15) is 0 Å². The summed E-state index contributed by atoms with van der Waals surface area (Å²) in [4.78, 5) is 14.2. The van der Waals surface area contributed by atoms with Crippen LogP contribution in [-0.2, 0) is 14.5 Å². The molecular formula is C15H23NO3. The van der Waals surface area contributed by atoms with Gasteiger partial charge in [0.05, 0.1) is 13.7 Å². The van der Waals surface area contributed by atoms with Gasteiger partial charge in [0.25, 0.3) is 0 Å². The second kappa shape index (κ2) is 7.79. The molecule has 1 aliphatic rings. The molecule has 0 radical (unpaired) electrons. The van der Waals surface area contributed by atoms with Crippen molar-refractivity contribution in [2.24, 2.45) is 4.99 Å². The molecule has 0 aromatic heterocycles. The maximum absolute atomic E-state index is 5.41. The predicted molar refractivity (Wildman–Crippen MR) is 76.8 cm³/mol. The Hall–Kier alpha value is -1.55. The second-order valence-corrected chi connectivity index (χ2v) is 4.64. The first-order valence-electron chi connectivity index (χ1n) is 6.51. The first-order valence-corrected chi connectivity index (χ1v) is 6.51. The summed E-state index contributed by atoms with van der Waals surface area (Å²) < 4.78 is 5.41. The van der Waals surface area contributed by atoms with Gasteiger partial charge >= 0.3 is 5.95 Å². The van der Waals surface area contributed by atoms with Crippen LogP contribution in [0.3, 0.4) is 0 Å². The van der Waals surface area contributed by atoms with Crippen molar-refractivity contribution in [3.8, 4) is 0 Å². The van der Waals surface area contributed by atoms with Gasteiger partial charge in [0.1, 0.15) is 0 Å². The van der Waals surface area contributed by atoms with Crippen LogP contribution in [0.25, 0.3) is 0 Å². The monoisotopic (exact) mass is 265 g/mol. The fraction of sp³-hybridized carbons (Fsp3) is 0.533. The molecule has 0 aromatic carbocycles. The van der Waals surface area contributed by atoms with Gasteiger partial charge < -0.3 is 4.74 Å². The van der Waals surface area contributed by atoms with E-state index in [0.717, 1.165) is 29.7 Å². The minimum atomic E-state index is 0.282. The zero-order valence-electron chi connectivity index (χ0n) is 12.2. The number of ether oxygens (including phenoxy) is 1. The molecule has 0 saturated heterocycles. The Labute approximate surface area is 115 Å². The molecule has 0 spiro atoms. The van der Waals surface area contributed by atoms with Crippen LogP contribution in [0.2, 0.25) is 0 Å². The Morgan fingerprint density at radius 2 is 2.26 bits per heavy atom. The van der Waals surface area contributed by atoms with Crippen molar-refractivity contribution in [1.82, 2.24) is 0 Å². The third kappa shape index (κ3) is 4.91. The van der Waals surface area contributed by atoms with Crippen molar-refractivity contribution >= 4 is 5.71 Å². The SMILES string of the molecule is C=CC/C(=C\C(C)=N/C(C)C)C1=C(OOC)OCC1. The zero-order chi connectivity index (χ0) is 14.3. The highest BCUT2D eigenvalue weighted by atomic mass is 17.2. The van der Waals surface area contributed by atoms with Crippen LogP contribution < -0.4 is 0 Å². The lowest BCUT2D eigenvalue weighted by molar-refractivity contribution is -0.268. The quantitative estimate of drug-likeness (QED) is 0.306. The predicted octanol–water partition coefficient (Wildman–Crippen LogP) is 3.57. The van der Waals surface area contributed by atoms with Crippen LogP contribution in [-0.4, -0.2) is 25.5 Å². The van der Waals surface area contributed by atoms with Crippen LogP contribution in [0.15, 0.2) is 40.8 Å². The molecular weight excluding hydrogens is 242 g/mol. The third-order valence-electron chi connectivity index (χ3n) is 2.59. The van der Waals surface area contributed by atoms with Crippen molar-refractivity contribution < 1.29 is 14.5 Å². The van der Waals surface area contributed by atoms with Crippen molar-refractivity contribution in [2.45, 2.75) is 39.7 Å². The average Bonchev–Trinajstić information content (AvgIpc) is 2.76. The Morgan fingerprint density at radius 3 is 2.84 bits per heavy atom. The molecule has 106 valence electrons. The smallest absolute Gasteiger partial charge is 0.320 e. The van der Waals surface area contributed by atoms with E-state index in [-0.39, 0.29) is 6.04 Å². The fourth-order valence-electron chi connectivity index (χ4n) is 2.00. The molecule has 0 saturated carbocycles. The van der Waals surface area contributed by atoms with E-state index in [1.165, 1.54) is 7.11 Å². The van der Waals surface area contributed by atoms with Crippen molar-refractivity contribution in [1.29, 1.82) is 0 Å². The highest BCUT2D eigenvalue weighted by Crippen LogP contribution is 2.29. The third-order valence-corrected chi connectivity index (χ3v) is 2.59. The van der Waals surface area contributed by atoms with Crippen molar-refractivity contribution in [3.63, 3.8) is 0 Å². The molecule has 0 aliphatic carbocycles. The van der Waals surface area contributed by atoms with Crippen molar-refractivity contribution in [2.75, 3.05) is 13.7 Å². The lowest BCUT2D eigenvalue weighted by Gasteiger charge is -2.08. The van der Waals surface area contributed by atoms with E-state index in [1.54, 1.807) is 0 Å². The zero-order valence-corrected chi connectivity index (χ0v) is 12.2. The Morgan fingerprint density at radius 1 is 1.53 bits per heavy atom. The maximum Gasteiger partial charge on any atom is 0.320 e. The van der Waals surface area contributed by atoms with Crippen LogP contribution in [0, 0.1) is 0 Å². The number of nitrogens with zero attached hydrogens (tertiary/aromatic N) is 1. The number of hydrogen-bond acceptors (Lipinski definition) is 4. The van der Waals surface area contributed by atoms with E-state index in [4.69, 9.17) is 9.62 Å². The molecule has 0 bridgehead atoms. The van der Waals surface area contributed by atoms with Crippen LogP contribution in [0.5, 0.6) is 0 Å². The molecule has 1 heterocycles. The highest BCUT2D eigenvalue weighted by molar-refractivity contribution is 5.94. The van der Waals surface area contributed by atoms with Gasteiger partial charge in [-0.1, -0.05) is 6.08 Å². The van der Waals surface area contributed by atoms with Crippen LogP contribution in [0.4, 0.5) is 0 Å². The average molecular weight is 265 g/mol. The summed E-state index contributed by atoms with van der Waals surface area (Å²) in [5.41, 5.74) is 3.13. The Balaban J connectivity index is 3.03. The molecule has 1 aliphatic heterocycles. The molecule has 0 N–H and O–H groups in total. The maximum atomic E-state index is 5.41. The Bertz CT molecular complexity index is 406. The summed E-state index contributed by atoms with van der Waals surface area (Å²) in [7, 11) is 1.47. The number of hydrogen-bond donors (Lipinski definition) is 0. The highest BCUT2D eigenvalue weighted by Gasteiger charge is 2.21. The van der Waals surface area contributed by atoms with E-state index in [0.29, 0.717) is 12.6 Å². The summed E-state index contributed by atoms with van der Waals surface area (Å²) in [6.45, 7) is 10.5. The van der Waals surface area contributed by atoms with Gasteiger partial charge in [-0.2, -0.15) is 4.89 Å². The first-order chi connectivity index (χ1) is 9.08. The van der Waals surface area contributed by atoms with Gasteiger partial charge in [-0.25, -0.2) is 0 Å². The normalized spacial score (nSPS) is 16.9. The van der Waals surface area contributed by atoms with Crippen LogP contribution in [0.1, 0.15) is 33.6 Å². The number of aliphatic imine (C=N–C) groups is 1. The molecule has 0 unspecified atom stereocenters. The largest absolute Gasteiger partial charge is 0.463 e. The second-order valence-electron chi connectivity index (χ2n) is 4.64. The number of allylic oxidation sites excluding steroid dienone is 3. The molecule has 0 amide bonds. The minimum absolute atomic E-state index is 0.282. The molecule has 0 fully saturated rings. The summed E-state index contributed by atoms with van der Waals surface area (Å²) in [5, 5.41) is 0. The lowest BCUT2D eigenvalue weighted by Crippen LogP contribution is -2.00. The number of rotatable bonds is 7. The van der Waals surface area contributed by atoms with E-state index < -0.39 is 0 Å². The summed E-state index contributed by atoms with van der Waals surface area (Å²) in [6.07, 6.45) is 5.49. The minimum Gasteiger partial charge on any atom is -0.463 e. The first kappa shape index (κ1) is 15.5.